The molecule has 0 spiro atoms. The van der Waals surface area contributed by atoms with Crippen LogP contribution in [0, 0.1) is 12.3 Å². The van der Waals surface area contributed by atoms with Crippen molar-refractivity contribution in [2.75, 3.05) is 7.11 Å². The molecule has 0 heterocycles. The molecule has 1 aromatic carbocycles. The molecule has 0 atom stereocenters. The van der Waals surface area contributed by atoms with Gasteiger partial charge in [-0.2, -0.15) is 0 Å². The fourth-order valence-electron chi connectivity index (χ4n) is 1.57. The Balaban J connectivity index is 2.51. The van der Waals surface area contributed by atoms with Crippen LogP contribution in [0.15, 0.2) is 24.3 Å². The van der Waals surface area contributed by atoms with Crippen LogP contribution in [0.1, 0.15) is 11.1 Å². The summed E-state index contributed by atoms with van der Waals surface area (Å²) in [6, 6.07) is 6.02. The quantitative estimate of drug-likeness (QED) is 0.587. The van der Waals surface area contributed by atoms with Gasteiger partial charge < -0.3 is 4.74 Å². The number of hydrogen-bond acceptors (Lipinski definition) is 1. The van der Waals surface area contributed by atoms with E-state index in [0.29, 0.717) is 0 Å². The Labute approximate surface area is 78.0 Å². The topological polar surface area (TPSA) is 9.23 Å². The van der Waals surface area contributed by atoms with Crippen LogP contribution in [-0.2, 0) is 6.42 Å². The van der Waals surface area contributed by atoms with Gasteiger partial charge in [0, 0.05) is 5.57 Å². The van der Waals surface area contributed by atoms with Crippen molar-refractivity contribution in [3.05, 3.63) is 35.4 Å². The average Bonchev–Trinajstić information content (AvgIpc) is 2.59. The maximum Gasteiger partial charge on any atom is 0.119 e. The van der Waals surface area contributed by atoms with E-state index in [2.05, 4.69) is 18.1 Å². The van der Waals surface area contributed by atoms with Crippen molar-refractivity contribution in [3.63, 3.8) is 0 Å². The smallest absolute Gasteiger partial charge is 0.119 e. The molecular weight excluding hydrogens is 160 g/mol. The number of rotatable bonds is 1. The second kappa shape index (κ2) is 2.99. The van der Waals surface area contributed by atoms with Gasteiger partial charge in [-0.15, -0.1) is 6.42 Å². The van der Waals surface area contributed by atoms with Gasteiger partial charge in [-0.05, 0) is 29.7 Å². The highest BCUT2D eigenvalue weighted by molar-refractivity contribution is 5.84. The number of allylic oxidation sites excluding steroid dienone is 2. The van der Waals surface area contributed by atoms with Crippen molar-refractivity contribution in [2.24, 2.45) is 0 Å². The lowest BCUT2D eigenvalue weighted by atomic mass is 10.1. The summed E-state index contributed by atoms with van der Waals surface area (Å²) < 4.78 is 5.14. The van der Waals surface area contributed by atoms with E-state index >= 15 is 0 Å². The van der Waals surface area contributed by atoms with Gasteiger partial charge in [0.15, 0.2) is 0 Å². The van der Waals surface area contributed by atoms with E-state index in [1.165, 1.54) is 5.56 Å². The number of fused-ring (bicyclic) bond motifs is 1. The predicted molar refractivity (Wildman–Crippen MR) is 53.5 cm³/mol. The van der Waals surface area contributed by atoms with Crippen molar-refractivity contribution >= 4 is 5.57 Å². The van der Waals surface area contributed by atoms with Gasteiger partial charge in [0.1, 0.15) is 5.75 Å². The summed E-state index contributed by atoms with van der Waals surface area (Å²) in [4.78, 5) is 0. The molecule has 13 heavy (non-hydrogen) atoms. The Bertz CT molecular complexity index is 408. The lowest BCUT2D eigenvalue weighted by Crippen LogP contribution is -1.87. The van der Waals surface area contributed by atoms with Gasteiger partial charge in [0.2, 0.25) is 0 Å². The zero-order valence-electron chi connectivity index (χ0n) is 7.50. The number of terminal acetylenes is 1. The van der Waals surface area contributed by atoms with Gasteiger partial charge >= 0.3 is 0 Å². The van der Waals surface area contributed by atoms with Crippen LogP contribution in [0.2, 0.25) is 0 Å². The SMILES string of the molecule is C#CC1=CCc2ccc(OC)cc21. The minimum absolute atomic E-state index is 0.863. The molecule has 1 nitrogen and oxygen atoms in total. The van der Waals surface area contributed by atoms with Crippen LogP contribution in [0.5, 0.6) is 5.75 Å². The zero-order chi connectivity index (χ0) is 9.26. The Morgan fingerprint density at radius 3 is 3.00 bits per heavy atom. The van der Waals surface area contributed by atoms with Gasteiger partial charge in [-0.1, -0.05) is 18.1 Å². The third-order valence-corrected chi connectivity index (χ3v) is 2.29. The first-order valence-corrected chi connectivity index (χ1v) is 4.19. The van der Waals surface area contributed by atoms with E-state index in [4.69, 9.17) is 11.2 Å². The van der Waals surface area contributed by atoms with Crippen molar-refractivity contribution in [3.8, 4) is 18.1 Å². The standard InChI is InChI=1S/C12H10O/c1-3-9-4-5-10-6-7-11(13-2)8-12(9)10/h1,4,6-8H,5H2,2H3. The van der Waals surface area contributed by atoms with E-state index < -0.39 is 0 Å². The normalized spacial score (nSPS) is 13.1. The maximum absolute atomic E-state index is 5.38. The molecule has 0 aliphatic heterocycles. The number of ether oxygens (including phenoxy) is 1. The summed E-state index contributed by atoms with van der Waals surface area (Å²) in [6.45, 7) is 0. The van der Waals surface area contributed by atoms with Crippen LogP contribution in [0.25, 0.3) is 5.57 Å². The van der Waals surface area contributed by atoms with E-state index in [0.717, 1.165) is 23.3 Å². The Hall–Kier alpha value is -1.68. The summed E-state index contributed by atoms with van der Waals surface area (Å²) in [6.07, 6.45) is 8.40. The zero-order valence-corrected chi connectivity index (χ0v) is 7.50. The third-order valence-electron chi connectivity index (χ3n) is 2.29. The molecule has 1 aliphatic rings. The molecule has 64 valence electrons. The molecular formula is C12H10O. The molecule has 1 aromatic rings. The summed E-state index contributed by atoms with van der Waals surface area (Å²) in [5.41, 5.74) is 3.41. The molecule has 0 bridgehead atoms. The molecule has 0 unspecified atom stereocenters. The summed E-state index contributed by atoms with van der Waals surface area (Å²) in [5.74, 6) is 3.54. The molecule has 1 aliphatic carbocycles. The lowest BCUT2D eigenvalue weighted by Gasteiger charge is -2.03. The molecule has 0 amide bonds. The highest BCUT2D eigenvalue weighted by Gasteiger charge is 2.12. The highest BCUT2D eigenvalue weighted by Crippen LogP contribution is 2.29. The van der Waals surface area contributed by atoms with E-state index in [1.807, 2.05) is 12.1 Å². The summed E-state index contributed by atoms with van der Waals surface area (Å²) in [5, 5.41) is 0. The molecule has 0 saturated carbocycles. The number of methoxy groups -OCH3 is 1. The molecule has 1 heteroatoms. The molecule has 0 aromatic heterocycles. The molecule has 0 radical (unpaired) electrons. The fraction of sp³-hybridized carbons (Fsp3) is 0.167. The molecule has 0 saturated heterocycles. The van der Waals surface area contributed by atoms with Crippen LogP contribution < -0.4 is 4.74 Å². The van der Waals surface area contributed by atoms with Crippen LogP contribution in [0.4, 0.5) is 0 Å². The highest BCUT2D eigenvalue weighted by atomic mass is 16.5. The van der Waals surface area contributed by atoms with Gasteiger partial charge in [-0.3, -0.25) is 0 Å². The van der Waals surface area contributed by atoms with Crippen molar-refractivity contribution in [1.82, 2.24) is 0 Å². The van der Waals surface area contributed by atoms with E-state index in [1.54, 1.807) is 7.11 Å². The van der Waals surface area contributed by atoms with Crippen LogP contribution in [0.3, 0.4) is 0 Å². The van der Waals surface area contributed by atoms with Gasteiger partial charge in [0.25, 0.3) is 0 Å². The van der Waals surface area contributed by atoms with Crippen molar-refractivity contribution in [2.45, 2.75) is 6.42 Å². The first-order valence-electron chi connectivity index (χ1n) is 4.19. The molecule has 0 N–H and O–H groups in total. The number of benzene rings is 1. The van der Waals surface area contributed by atoms with Crippen LogP contribution >= 0.6 is 0 Å². The fourth-order valence-corrected chi connectivity index (χ4v) is 1.57. The molecule has 2 rings (SSSR count). The molecule has 0 fully saturated rings. The minimum Gasteiger partial charge on any atom is -0.497 e. The van der Waals surface area contributed by atoms with E-state index in [9.17, 15) is 0 Å². The lowest BCUT2D eigenvalue weighted by molar-refractivity contribution is 0.414. The first-order chi connectivity index (χ1) is 6.35. The maximum atomic E-state index is 5.38. The largest absolute Gasteiger partial charge is 0.497 e. The Kier molecular flexibility index (Phi) is 1.83. The summed E-state index contributed by atoms with van der Waals surface area (Å²) >= 11 is 0. The third kappa shape index (κ3) is 1.21. The van der Waals surface area contributed by atoms with Gasteiger partial charge in [0.05, 0.1) is 7.11 Å². The van der Waals surface area contributed by atoms with Crippen LogP contribution in [-0.4, -0.2) is 7.11 Å². The first kappa shape index (κ1) is 7.94. The minimum atomic E-state index is 0.863. The van der Waals surface area contributed by atoms with Crippen molar-refractivity contribution < 1.29 is 4.74 Å². The average molecular weight is 170 g/mol. The number of hydrogen-bond donors (Lipinski definition) is 0. The predicted octanol–water partition coefficient (Wildman–Crippen LogP) is 2.27. The Morgan fingerprint density at radius 2 is 2.31 bits per heavy atom. The summed E-state index contributed by atoms with van der Waals surface area (Å²) in [7, 11) is 1.66. The van der Waals surface area contributed by atoms with E-state index in [-0.39, 0.29) is 0 Å². The second-order valence-electron chi connectivity index (χ2n) is 2.99. The monoisotopic (exact) mass is 170 g/mol. The van der Waals surface area contributed by atoms with Crippen molar-refractivity contribution in [1.29, 1.82) is 0 Å². The van der Waals surface area contributed by atoms with Gasteiger partial charge in [-0.25, -0.2) is 0 Å². The Morgan fingerprint density at radius 1 is 1.46 bits per heavy atom. The second-order valence-corrected chi connectivity index (χ2v) is 2.99.